The lowest BCUT2D eigenvalue weighted by Gasteiger charge is -2.45. The summed E-state index contributed by atoms with van der Waals surface area (Å²) in [6.45, 7) is 12.6. The van der Waals surface area contributed by atoms with Gasteiger partial charge in [0.1, 0.15) is 11.3 Å². The van der Waals surface area contributed by atoms with Crippen molar-refractivity contribution >= 4 is 41.1 Å². The number of hydrogen-bond acceptors (Lipinski definition) is 7. The highest BCUT2D eigenvalue weighted by Crippen LogP contribution is 2.50. The second-order valence-corrected chi connectivity index (χ2v) is 14.9. The Morgan fingerprint density at radius 3 is 2.37 bits per heavy atom. The van der Waals surface area contributed by atoms with Crippen LogP contribution in [0.3, 0.4) is 0 Å². The number of aryl methyl sites for hydroxylation is 2. The minimum atomic E-state index is -2.24. The van der Waals surface area contributed by atoms with Gasteiger partial charge in [0.25, 0.3) is 17.7 Å². The predicted molar refractivity (Wildman–Crippen MR) is 184 cm³/mol. The van der Waals surface area contributed by atoms with Crippen molar-refractivity contribution in [1.82, 2.24) is 20.4 Å². The van der Waals surface area contributed by atoms with Crippen LogP contribution in [0.1, 0.15) is 77.0 Å². The maximum atomic E-state index is 15.1. The lowest BCUT2D eigenvalue weighted by molar-refractivity contribution is -0.158. The van der Waals surface area contributed by atoms with Crippen LogP contribution in [-0.4, -0.2) is 80.8 Å². The molecule has 6 unspecified atom stereocenters. The van der Waals surface area contributed by atoms with Crippen molar-refractivity contribution in [2.75, 3.05) is 6.61 Å². The molecule has 1 saturated carbocycles. The van der Waals surface area contributed by atoms with E-state index in [1.807, 2.05) is 69.3 Å². The number of Topliss-reactive ketones (excluding diaryl/α,β-unsaturated/α-hetero) is 1. The fraction of sp³-hybridized carbons (Fsp3) is 0.541. The van der Waals surface area contributed by atoms with Gasteiger partial charge in [-0.1, -0.05) is 75.7 Å². The Morgan fingerprint density at radius 1 is 1.06 bits per heavy atom. The quantitative estimate of drug-likeness (QED) is 0.208. The van der Waals surface area contributed by atoms with Gasteiger partial charge in [0.15, 0.2) is 17.4 Å². The number of imide groups is 1. The standard InChI is InChI=1S/C37H47ClN4O7/c1-8-26(49-27-17-15-22(3)19-23(27)4)29(43)39-25-16-18-28(38)36(20-25)32(45)37(33(46)40-36,35(5,6)7)42-30(44)31(48-9-2)41(34(42)47)21-24-13-11-10-12-14-24/h10-15,17,19,25-26,28,31H,8-9,16,18,20-21H2,1-7H3,(H,39,43)(H,40,46). The first-order valence-electron chi connectivity index (χ1n) is 17.0. The molecule has 3 aliphatic rings. The zero-order valence-corrected chi connectivity index (χ0v) is 30.1. The number of urea groups is 1. The highest BCUT2D eigenvalue weighted by molar-refractivity contribution is 6.32. The van der Waals surface area contributed by atoms with Crippen molar-refractivity contribution in [3.8, 4) is 5.75 Å². The summed E-state index contributed by atoms with van der Waals surface area (Å²) in [6.07, 6.45) is -1.00. The Kier molecular flexibility index (Phi) is 10.2. The molecular formula is C37H47ClN4O7. The first-order chi connectivity index (χ1) is 23.1. The molecule has 2 saturated heterocycles. The number of ether oxygens (including phenoxy) is 2. The fourth-order valence-corrected chi connectivity index (χ4v) is 7.89. The molecule has 2 heterocycles. The lowest BCUT2D eigenvalue weighted by Crippen LogP contribution is -2.69. The summed E-state index contributed by atoms with van der Waals surface area (Å²) in [4.78, 5) is 73.7. The van der Waals surface area contributed by atoms with Gasteiger partial charge in [0.2, 0.25) is 6.23 Å². The Hall–Kier alpha value is -3.96. The second kappa shape index (κ2) is 13.7. The van der Waals surface area contributed by atoms with Gasteiger partial charge in [0.05, 0.1) is 11.9 Å². The third kappa shape index (κ3) is 6.20. The average molecular weight is 695 g/mol. The van der Waals surface area contributed by atoms with Crippen molar-refractivity contribution in [3.63, 3.8) is 0 Å². The number of halogens is 1. The number of benzene rings is 2. The van der Waals surface area contributed by atoms with E-state index >= 15 is 4.79 Å². The Morgan fingerprint density at radius 2 is 1.76 bits per heavy atom. The van der Waals surface area contributed by atoms with Gasteiger partial charge in [-0.15, -0.1) is 11.6 Å². The van der Waals surface area contributed by atoms with E-state index in [9.17, 15) is 19.2 Å². The number of nitrogens with zero attached hydrogens (tertiary/aromatic N) is 2. The first-order valence-corrected chi connectivity index (χ1v) is 17.4. The molecule has 3 fully saturated rings. The molecule has 6 atom stereocenters. The number of carbonyl (C=O) groups excluding carboxylic acids is 5. The number of ketones is 1. The lowest BCUT2D eigenvalue weighted by atomic mass is 9.65. The van der Waals surface area contributed by atoms with Crippen LogP contribution in [0.4, 0.5) is 4.79 Å². The predicted octanol–water partition coefficient (Wildman–Crippen LogP) is 4.79. The minimum absolute atomic E-state index is 0.0197. The van der Waals surface area contributed by atoms with E-state index in [2.05, 4.69) is 10.6 Å². The third-order valence-corrected chi connectivity index (χ3v) is 10.6. The van der Waals surface area contributed by atoms with Gasteiger partial charge in [-0.25, -0.2) is 9.69 Å². The zero-order chi connectivity index (χ0) is 35.9. The molecule has 2 aliphatic heterocycles. The van der Waals surface area contributed by atoms with Crippen LogP contribution in [0.5, 0.6) is 5.75 Å². The van der Waals surface area contributed by atoms with Crippen LogP contribution >= 0.6 is 11.6 Å². The molecule has 2 aromatic rings. The molecule has 5 rings (SSSR count). The molecule has 5 amide bonds. The summed E-state index contributed by atoms with van der Waals surface area (Å²) in [5.74, 6) is -2.00. The van der Waals surface area contributed by atoms with E-state index in [1.165, 1.54) is 4.90 Å². The van der Waals surface area contributed by atoms with E-state index < -0.39 is 63.9 Å². The van der Waals surface area contributed by atoms with Crippen LogP contribution in [0, 0.1) is 19.3 Å². The summed E-state index contributed by atoms with van der Waals surface area (Å²) in [5.41, 5.74) is -2.41. The monoisotopic (exact) mass is 694 g/mol. The fourth-order valence-electron chi connectivity index (χ4n) is 7.52. The third-order valence-electron chi connectivity index (χ3n) is 9.97. The van der Waals surface area contributed by atoms with E-state index in [1.54, 1.807) is 27.7 Å². The van der Waals surface area contributed by atoms with Crippen LogP contribution in [0.2, 0.25) is 0 Å². The van der Waals surface area contributed by atoms with Crippen molar-refractivity contribution in [3.05, 3.63) is 65.2 Å². The molecule has 12 heteroatoms. The number of nitrogens with one attached hydrogen (secondary N) is 2. The number of alkyl halides is 1. The van der Waals surface area contributed by atoms with Crippen LogP contribution in [0.15, 0.2) is 48.5 Å². The molecule has 0 radical (unpaired) electrons. The number of hydrogen-bond donors (Lipinski definition) is 2. The Balaban J connectivity index is 1.45. The first kappa shape index (κ1) is 36.3. The highest BCUT2D eigenvalue weighted by Gasteiger charge is 2.76. The van der Waals surface area contributed by atoms with E-state index in [0.717, 1.165) is 21.6 Å². The molecule has 1 aliphatic carbocycles. The Bertz CT molecular complexity index is 1630. The molecule has 1 spiro atoms. The average Bonchev–Trinajstić information content (AvgIpc) is 3.40. The molecule has 2 aromatic carbocycles. The summed E-state index contributed by atoms with van der Waals surface area (Å²) in [6, 6.07) is 13.5. The zero-order valence-electron chi connectivity index (χ0n) is 29.3. The Labute approximate surface area is 293 Å². The van der Waals surface area contributed by atoms with Gasteiger partial charge in [0, 0.05) is 18.1 Å². The van der Waals surface area contributed by atoms with E-state index in [-0.39, 0.29) is 31.9 Å². The number of rotatable bonds is 10. The van der Waals surface area contributed by atoms with Gasteiger partial charge in [-0.3, -0.25) is 24.1 Å². The SMILES string of the molecule is CCOC1C(=O)N(C2(C(C)(C)C)C(=O)NC3(CC(NC(=O)C(CC)Oc4ccc(C)cc4C)CCC3Cl)C2=O)C(=O)N1Cc1ccccc1. The molecule has 11 nitrogen and oxygen atoms in total. The van der Waals surface area contributed by atoms with E-state index in [4.69, 9.17) is 21.1 Å². The maximum absolute atomic E-state index is 15.1. The highest BCUT2D eigenvalue weighted by atomic mass is 35.5. The summed E-state index contributed by atoms with van der Waals surface area (Å²) < 4.78 is 11.9. The summed E-state index contributed by atoms with van der Waals surface area (Å²) in [5, 5.41) is 5.07. The summed E-state index contributed by atoms with van der Waals surface area (Å²) in [7, 11) is 0. The molecular weight excluding hydrogens is 648 g/mol. The normalized spacial score (nSPS) is 27.9. The largest absolute Gasteiger partial charge is 0.480 e. The van der Waals surface area contributed by atoms with Crippen molar-refractivity contribution in [2.24, 2.45) is 5.41 Å². The molecule has 2 N–H and O–H groups in total. The maximum Gasteiger partial charge on any atom is 0.330 e. The van der Waals surface area contributed by atoms with Gasteiger partial charge < -0.3 is 20.1 Å². The van der Waals surface area contributed by atoms with Crippen LogP contribution in [0.25, 0.3) is 0 Å². The van der Waals surface area contributed by atoms with E-state index in [0.29, 0.717) is 18.6 Å². The number of amides is 5. The molecule has 264 valence electrons. The van der Waals surface area contributed by atoms with Crippen molar-refractivity contribution in [1.29, 1.82) is 0 Å². The van der Waals surface area contributed by atoms with Crippen molar-refractivity contribution in [2.45, 2.75) is 116 Å². The summed E-state index contributed by atoms with van der Waals surface area (Å²) >= 11 is 6.94. The smallest absolute Gasteiger partial charge is 0.330 e. The van der Waals surface area contributed by atoms with Gasteiger partial charge in [-0.2, -0.15) is 0 Å². The minimum Gasteiger partial charge on any atom is -0.480 e. The molecule has 49 heavy (non-hydrogen) atoms. The van der Waals surface area contributed by atoms with Gasteiger partial charge in [-0.05, 0) is 63.6 Å². The topological polar surface area (TPSA) is 134 Å². The molecule has 0 aromatic heterocycles. The van der Waals surface area contributed by atoms with Crippen LogP contribution in [-0.2, 0) is 30.5 Å². The molecule has 0 bridgehead atoms. The van der Waals surface area contributed by atoms with Gasteiger partial charge >= 0.3 is 6.03 Å². The number of carbonyl (C=O) groups is 5. The van der Waals surface area contributed by atoms with Crippen LogP contribution < -0.4 is 15.4 Å². The van der Waals surface area contributed by atoms with Crippen molar-refractivity contribution < 1.29 is 33.4 Å². The second-order valence-electron chi connectivity index (χ2n) is 14.3.